The van der Waals surface area contributed by atoms with Crippen molar-refractivity contribution in [1.29, 1.82) is 0 Å². The molecule has 37 heavy (non-hydrogen) atoms. The van der Waals surface area contributed by atoms with Gasteiger partial charge in [0.15, 0.2) is 0 Å². The highest BCUT2D eigenvalue weighted by molar-refractivity contribution is 5.93. The number of benzene rings is 2. The number of carbonyl (C=O) groups is 3. The molecule has 1 atom stereocenters. The molecular weight excluding hydrogens is 472 g/mol. The van der Waals surface area contributed by atoms with Crippen molar-refractivity contribution in [3.05, 3.63) is 53.1 Å². The van der Waals surface area contributed by atoms with E-state index in [2.05, 4.69) is 35.8 Å². The number of rotatable bonds is 12. The van der Waals surface area contributed by atoms with Crippen LogP contribution in [0.1, 0.15) is 62.6 Å². The van der Waals surface area contributed by atoms with Crippen LogP contribution in [0, 0.1) is 6.92 Å². The van der Waals surface area contributed by atoms with Gasteiger partial charge in [-0.15, -0.1) is 0 Å². The fourth-order valence-corrected chi connectivity index (χ4v) is 3.90. The van der Waals surface area contributed by atoms with E-state index < -0.39 is 0 Å². The van der Waals surface area contributed by atoms with Crippen LogP contribution >= 0.6 is 0 Å². The topological polar surface area (TPSA) is 103 Å². The van der Waals surface area contributed by atoms with Gasteiger partial charge in [0.25, 0.3) is 0 Å². The maximum Gasteiger partial charge on any atom is 0.305 e. The summed E-state index contributed by atoms with van der Waals surface area (Å²) in [6.07, 6.45) is 2.19. The number of ether oxygens (including phenoxy) is 3. The number of amides is 2. The summed E-state index contributed by atoms with van der Waals surface area (Å²) in [5, 5.41) is 5.35. The minimum atomic E-state index is -0.208. The molecule has 0 bridgehead atoms. The van der Waals surface area contributed by atoms with Crippen molar-refractivity contribution in [3.8, 4) is 11.1 Å². The first-order valence-electron chi connectivity index (χ1n) is 12.9. The molecule has 8 nitrogen and oxygen atoms in total. The molecule has 1 aliphatic rings. The number of fused-ring (bicyclic) bond motifs is 3. The SMILES string of the molecule is CCCOCC(=O)NC.CCCOCC(=O)Nc1ccc2c(c1)C(COC(=O)CC)c1cc(C)ccc1-2. The number of hydrogen-bond donors (Lipinski definition) is 2. The van der Waals surface area contributed by atoms with E-state index in [4.69, 9.17) is 14.2 Å². The van der Waals surface area contributed by atoms with E-state index in [-0.39, 0.29) is 36.9 Å². The molecule has 0 radical (unpaired) electrons. The zero-order valence-corrected chi connectivity index (χ0v) is 22.6. The standard InChI is InChI=1S/C23H27NO4.C6H13NO2/c1-4-10-27-14-22(25)24-16-7-9-18-17-8-6-15(3)11-19(17)21(20(18)12-16)13-28-23(26)5-2;1-3-4-9-5-6(8)7-2/h6-9,11-12,21H,4-5,10,13-14H2,1-3H3,(H,24,25);3-5H2,1-2H3,(H,7,8). The van der Waals surface area contributed by atoms with Crippen molar-refractivity contribution >= 4 is 23.5 Å². The lowest BCUT2D eigenvalue weighted by atomic mass is 9.96. The molecule has 0 fully saturated rings. The summed E-state index contributed by atoms with van der Waals surface area (Å²) < 4.78 is 15.7. The average molecular weight is 513 g/mol. The van der Waals surface area contributed by atoms with E-state index in [1.54, 1.807) is 14.0 Å². The number of esters is 1. The predicted molar refractivity (Wildman–Crippen MR) is 145 cm³/mol. The van der Waals surface area contributed by atoms with Crippen LogP contribution in [0.5, 0.6) is 0 Å². The lowest BCUT2D eigenvalue weighted by Gasteiger charge is -2.15. The largest absolute Gasteiger partial charge is 0.465 e. The number of hydrogen-bond acceptors (Lipinski definition) is 6. The lowest BCUT2D eigenvalue weighted by molar-refractivity contribution is -0.143. The van der Waals surface area contributed by atoms with Gasteiger partial charge in [-0.3, -0.25) is 14.4 Å². The third-order valence-corrected chi connectivity index (χ3v) is 5.73. The van der Waals surface area contributed by atoms with Crippen molar-refractivity contribution in [2.75, 3.05) is 45.4 Å². The summed E-state index contributed by atoms with van der Waals surface area (Å²) in [7, 11) is 1.59. The Labute approximate surface area is 220 Å². The zero-order chi connectivity index (χ0) is 27.2. The molecule has 2 amide bonds. The fraction of sp³-hybridized carbons (Fsp3) is 0.483. The molecule has 202 valence electrons. The Morgan fingerprint density at radius 1 is 0.838 bits per heavy atom. The summed E-state index contributed by atoms with van der Waals surface area (Å²) in [6, 6.07) is 12.3. The Kier molecular flexibility index (Phi) is 12.8. The van der Waals surface area contributed by atoms with Gasteiger partial charge in [0, 0.05) is 38.3 Å². The average Bonchev–Trinajstić information content (AvgIpc) is 3.19. The molecule has 0 aliphatic heterocycles. The fourth-order valence-electron chi connectivity index (χ4n) is 3.90. The summed E-state index contributed by atoms with van der Waals surface area (Å²) >= 11 is 0. The van der Waals surface area contributed by atoms with Gasteiger partial charge in [0.05, 0.1) is 0 Å². The number of aryl methyl sites for hydroxylation is 1. The monoisotopic (exact) mass is 512 g/mol. The molecule has 2 N–H and O–H groups in total. The molecule has 1 unspecified atom stereocenters. The molecule has 0 saturated carbocycles. The normalized spacial score (nSPS) is 13.1. The molecular formula is C29H40N2O6. The molecule has 3 rings (SSSR count). The number of nitrogens with one attached hydrogen (secondary N) is 2. The van der Waals surface area contributed by atoms with Crippen LogP contribution in [0.15, 0.2) is 36.4 Å². The van der Waals surface area contributed by atoms with Crippen LogP contribution in [-0.4, -0.2) is 57.9 Å². The van der Waals surface area contributed by atoms with Gasteiger partial charge in [0.1, 0.15) is 19.8 Å². The number of carbonyl (C=O) groups excluding carboxylic acids is 3. The highest BCUT2D eigenvalue weighted by Gasteiger charge is 2.30. The molecule has 2 aromatic rings. The van der Waals surface area contributed by atoms with Gasteiger partial charge in [-0.2, -0.15) is 0 Å². The number of likely N-dealkylation sites (N-methyl/N-ethyl adjacent to an activating group) is 1. The van der Waals surface area contributed by atoms with Gasteiger partial charge in [-0.1, -0.05) is 50.6 Å². The Balaban J connectivity index is 0.000000458. The van der Waals surface area contributed by atoms with Crippen LogP contribution < -0.4 is 10.6 Å². The Morgan fingerprint density at radius 3 is 2.03 bits per heavy atom. The van der Waals surface area contributed by atoms with Crippen molar-refractivity contribution in [2.24, 2.45) is 0 Å². The van der Waals surface area contributed by atoms with Gasteiger partial charge in [-0.05, 0) is 54.2 Å². The quantitative estimate of drug-likeness (QED) is 0.319. The summed E-state index contributed by atoms with van der Waals surface area (Å²) in [6.45, 7) is 9.61. The van der Waals surface area contributed by atoms with Gasteiger partial charge < -0.3 is 24.8 Å². The molecule has 8 heteroatoms. The minimum Gasteiger partial charge on any atom is -0.465 e. The number of anilines is 1. The van der Waals surface area contributed by atoms with E-state index >= 15 is 0 Å². The Hall–Kier alpha value is -3.23. The highest BCUT2D eigenvalue weighted by Crippen LogP contribution is 2.46. The van der Waals surface area contributed by atoms with Crippen molar-refractivity contribution in [3.63, 3.8) is 0 Å². The van der Waals surface area contributed by atoms with Crippen LogP contribution in [0.3, 0.4) is 0 Å². The Bertz CT molecular complexity index is 1050. The highest BCUT2D eigenvalue weighted by atomic mass is 16.5. The van der Waals surface area contributed by atoms with Crippen LogP contribution in [-0.2, 0) is 28.6 Å². The molecule has 0 saturated heterocycles. The Morgan fingerprint density at radius 2 is 1.43 bits per heavy atom. The van der Waals surface area contributed by atoms with E-state index in [1.807, 2.05) is 32.0 Å². The molecule has 0 spiro atoms. The first-order chi connectivity index (χ1) is 17.8. The van der Waals surface area contributed by atoms with Gasteiger partial charge in [0.2, 0.25) is 11.8 Å². The van der Waals surface area contributed by atoms with E-state index in [1.165, 1.54) is 5.56 Å². The third kappa shape index (κ3) is 9.30. The zero-order valence-electron chi connectivity index (χ0n) is 22.6. The molecule has 1 aliphatic carbocycles. The maximum atomic E-state index is 12.1. The minimum absolute atomic E-state index is 0.0337. The summed E-state index contributed by atoms with van der Waals surface area (Å²) in [4.78, 5) is 34.2. The second kappa shape index (κ2) is 15.8. The second-order valence-corrected chi connectivity index (χ2v) is 8.81. The van der Waals surface area contributed by atoms with E-state index in [9.17, 15) is 14.4 Å². The van der Waals surface area contributed by atoms with E-state index in [0.717, 1.165) is 40.8 Å². The third-order valence-electron chi connectivity index (χ3n) is 5.73. The van der Waals surface area contributed by atoms with Gasteiger partial charge >= 0.3 is 5.97 Å². The van der Waals surface area contributed by atoms with Gasteiger partial charge in [-0.25, -0.2) is 0 Å². The summed E-state index contributed by atoms with van der Waals surface area (Å²) in [5.74, 6) is -0.481. The molecule has 0 aromatic heterocycles. The van der Waals surface area contributed by atoms with Crippen LogP contribution in [0.25, 0.3) is 11.1 Å². The van der Waals surface area contributed by atoms with Crippen molar-refractivity contribution < 1.29 is 28.6 Å². The second-order valence-electron chi connectivity index (χ2n) is 8.81. The van der Waals surface area contributed by atoms with Crippen LogP contribution in [0.2, 0.25) is 0 Å². The lowest BCUT2D eigenvalue weighted by Crippen LogP contribution is -2.23. The van der Waals surface area contributed by atoms with E-state index in [0.29, 0.717) is 26.2 Å². The summed E-state index contributed by atoms with van der Waals surface area (Å²) in [5.41, 5.74) is 6.39. The molecule has 0 heterocycles. The van der Waals surface area contributed by atoms with Crippen LogP contribution in [0.4, 0.5) is 5.69 Å². The predicted octanol–water partition coefficient (Wildman–Crippen LogP) is 4.58. The van der Waals surface area contributed by atoms with Crippen molar-refractivity contribution in [1.82, 2.24) is 5.32 Å². The first kappa shape index (κ1) is 30.0. The smallest absolute Gasteiger partial charge is 0.305 e. The molecule has 2 aromatic carbocycles. The maximum absolute atomic E-state index is 12.1. The van der Waals surface area contributed by atoms with Crippen molar-refractivity contribution in [2.45, 2.75) is 52.9 Å². The first-order valence-corrected chi connectivity index (χ1v) is 12.9.